The minimum Gasteiger partial charge on any atom is -0.287 e. The summed E-state index contributed by atoms with van der Waals surface area (Å²) < 4.78 is 13.4. The van der Waals surface area contributed by atoms with Crippen molar-refractivity contribution in [3.63, 3.8) is 0 Å². The van der Waals surface area contributed by atoms with E-state index < -0.39 is 6.30 Å². The molecule has 2 heteroatoms. The lowest BCUT2D eigenvalue weighted by molar-refractivity contribution is 0.0796. The largest absolute Gasteiger partial charge is 0.287 e. The normalized spacial score (nSPS) is 36.3. The van der Waals surface area contributed by atoms with Crippen LogP contribution < -0.4 is 5.32 Å². The lowest BCUT2D eigenvalue weighted by atomic mass is 9.73. The molecule has 1 saturated heterocycles. The van der Waals surface area contributed by atoms with Crippen LogP contribution in [0.25, 0.3) is 0 Å². The third kappa shape index (κ3) is 1.18. The summed E-state index contributed by atoms with van der Waals surface area (Å²) in [6.45, 7) is 0.890. The molecule has 0 aromatic carbocycles. The molecule has 64 valence electrons. The van der Waals surface area contributed by atoms with Gasteiger partial charge in [-0.05, 0) is 25.8 Å². The van der Waals surface area contributed by atoms with E-state index in [1.807, 2.05) is 0 Å². The fraction of sp³-hybridized carbons (Fsp3) is 1.00. The summed E-state index contributed by atoms with van der Waals surface area (Å²) in [6.07, 6.45) is 6.37. The zero-order valence-electron chi connectivity index (χ0n) is 6.91. The molecule has 0 amide bonds. The Bertz CT molecular complexity index is 140. The first kappa shape index (κ1) is 7.53. The maximum absolute atomic E-state index is 13.4. The molecule has 1 nitrogen and oxygen atoms in total. The van der Waals surface area contributed by atoms with Gasteiger partial charge in [0.2, 0.25) is 0 Å². The average molecular weight is 157 g/mol. The van der Waals surface area contributed by atoms with E-state index in [0.29, 0.717) is 0 Å². The molecule has 0 aromatic rings. The summed E-state index contributed by atoms with van der Waals surface area (Å²) in [5, 5.41) is 2.91. The topological polar surface area (TPSA) is 12.0 Å². The summed E-state index contributed by atoms with van der Waals surface area (Å²) in [5.41, 5.74) is 0.0538. The maximum atomic E-state index is 13.4. The molecule has 11 heavy (non-hydrogen) atoms. The SMILES string of the molecule is FC1NCCC12CCCCC2. The Kier molecular flexibility index (Phi) is 1.88. The van der Waals surface area contributed by atoms with Crippen molar-refractivity contribution in [2.24, 2.45) is 5.41 Å². The number of alkyl halides is 1. The molecule has 1 unspecified atom stereocenters. The predicted octanol–water partition coefficient (Wildman–Crippen LogP) is 2.23. The molecule has 1 aliphatic carbocycles. The second-order valence-electron chi connectivity index (χ2n) is 3.99. The van der Waals surface area contributed by atoms with Crippen LogP contribution in [0.4, 0.5) is 4.39 Å². The molecule has 2 fully saturated rings. The van der Waals surface area contributed by atoms with Crippen molar-refractivity contribution in [1.82, 2.24) is 5.32 Å². The Labute approximate surface area is 67.4 Å². The summed E-state index contributed by atoms with van der Waals surface area (Å²) in [4.78, 5) is 0. The fourth-order valence-electron chi connectivity index (χ4n) is 2.55. The van der Waals surface area contributed by atoms with Gasteiger partial charge in [0.1, 0.15) is 0 Å². The van der Waals surface area contributed by atoms with Gasteiger partial charge in [0, 0.05) is 5.41 Å². The van der Waals surface area contributed by atoms with E-state index in [4.69, 9.17) is 0 Å². The van der Waals surface area contributed by atoms with E-state index in [1.165, 1.54) is 19.3 Å². The molecule has 1 heterocycles. The van der Waals surface area contributed by atoms with Crippen LogP contribution >= 0.6 is 0 Å². The highest BCUT2D eigenvalue weighted by atomic mass is 19.1. The van der Waals surface area contributed by atoms with Crippen molar-refractivity contribution in [1.29, 1.82) is 0 Å². The van der Waals surface area contributed by atoms with Gasteiger partial charge in [0.05, 0.1) is 0 Å². The highest BCUT2D eigenvalue weighted by Gasteiger charge is 2.43. The summed E-state index contributed by atoms with van der Waals surface area (Å²) in [7, 11) is 0. The van der Waals surface area contributed by atoms with Gasteiger partial charge < -0.3 is 0 Å². The predicted molar refractivity (Wildman–Crippen MR) is 43.0 cm³/mol. The van der Waals surface area contributed by atoms with Crippen LogP contribution in [0, 0.1) is 5.41 Å². The number of nitrogens with one attached hydrogen (secondary N) is 1. The molecule has 0 aromatic heterocycles. The highest BCUT2D eigenvalue weighted by molar-refractivity contribution is 4.93. The first-order valence-corrected chi connectivity index (χ1v) is 4.71. The second kappa shape index (κ2) is 2.74. The molecule has 1 saturated carbocycles. The number of hydrogen-bond donors (Lipinski definition) is 1. The molecule has 2 aliphatic rings. The van der Waals surface area contributed by atoms with Crippen LogP contribution in [0.15, 0.2) is 0 Å². The van der Waals surface area contributed by atoms with Crippen molar-refractivity contribution in [3.05, 3.63) is 0 Å². The van der Waals surface area contributed by atoms with Gasteiger partial charge >= 0.3 is 0 Å². The lowest BCUT2D eigenvalue weighted by Gasteiger charge is -2.34. The molecule has 1 spiro atoms. The standard InChI is InChI=1S/C9H16FN/c10-8-9(6-7-11-8)4-2-1-3-5-9/h8,11H,1-7H2. The van der Waals surface area contributed by atoms with Gasteiger partial charge in [0.25, 0.3) is 0 Å². The fourth-order valence-corrected chi connectivity index (χ4v) is 2.55. The summed E-state index contributed by atoms with van der Waals surface area (Å²) in [5.74, 6) is 0. The first-order chi connectivity index (χ1) is 5.33. The number of rotatable bonds is 0. The highest BCUT2D eigenvalue weighted by Crippen LogP contribution is 2.45. The number of halogens is 1. The van der Waals surface area contributed by atoms with Crippen LogP contribution in [0.1, 0.15) is 38.5 Å². The zero-order chi connectivity index (χ0) is 7.73. The summed E-state index contributed by atoms with van der Waals surface area (Å²) >= 11 is 0. The Morgan fingerprint density at radius 1 is 1.09 bits per heavy atom. The van der Waals surface area contributed by atoms with Crippen molar-refractivity contribution in [2.45, 2.75) is 44.8 Å². The van der Waals surface area contributed by atoms with Crippen LogP contribution in [-0.4, -0.2) is 12.8 Å². The number of hydrogen-bond acceptors (Lipinski definition) is 1. The molecular weight excluding hydrogens is 141 g/mol. The van der Waals surface area contributed by atoms with Gasteiger partial charge in [0.15, 0.2) is 6.30 Å². The van der Waals surface area contributed by atoms with Gasteiger partial charge in [-0.1, -0.05) is 19.3 Å². The Balaban J connectivity index is 2.06. The van der Waals surface area contributed by atoms with E-state index in [2.05, 4.69) is 5.32 Å². The summed E-state index contributed by atoms with van der Waals surface area (Å²) in [6, 6.07) is 0. The van der Waals surface area contributed by atoms with Gasteiger partial charge in [-0.15, -0.1) is 0 Å². The van der Waals surface area contributed by atoms with E-state index in [1.54, 1.807) is 0 Å². The van der Waals surface area contributed by atoms with Gasteiger partial charge in [-0.25, -0.2) is 4.39 Å². The molecule has 1 aliphatic heterocycles. The van der Waals surface area contributed by atoms with Crippen LogP contribution in [0.5, 0.6) is 0 Å². The Morgan fingerprint density at radius 3 is 2.36 bits per heavy atom. The van der Waals surface area contributed by atoms with E-state index in [0.717, 1.165) is 25.8 Å². The van der Waals surface area contributed by atoms with Crippen molar-refractivity contribution in [3.8, 4) is 0 Å². The minimum absolute atomic E-state index is 0.0538. The average Bonchev–Trinajstić information content (AvgIpc) is 2.36. The Morgan fingerprint density at radius 2 is 1.82 bits per heavy atom. The van der Waals surface area contributed by atoms with Crippen LogP contribution in [0.3, 0.4) is 0 Å². The van der Waals surface area contributed by atoms with E-state index in [-0.39, 0.29) is 5.41 Å². The molecule has 2 rings (SSSR count). The Hall–Kier alpha value is -0.110. The van der Waals surface area contributed by atoms with Crippen LogP contribution in [-0.2, 0) is 0 Å². The quantitative estimate of drug-likeness (QED) is 0.532. The van der Waals surface area contributed by atoms with E-state index in [9.17, 15) is 4.39 Å². The first-order valence-electron chi connectivity index (χ1n) is 4.71. The van der Waals surface area contributed by atoms with Crippen LogP contribution in [0.2, 0.25) is 0 Å². The van der Waals surface area contributed by atoms with Crippen molar-refractivity contribution < 1.29 is 4.39 Å². The molecule has 0 radical (unpaired) electrons. The maximum Gasteiger partial charge on any atom is 0.156 e. The smallest absolute Gasteiger partial charge is 0.156 e. The second-order valence-corrected chi connectivity index (χ2v) is 3.99. The van der Waals surface area contributed by atoms with E-state index >= 15 is 0 Å². The van der Waals surface area contributed by atoms with Gasteiger partial charge in [-0.2, -0.15) is 0 Å². The molecule has 1 atom stereocenters. The third-order valence-corrected chi connectivity index (χ3v) is 3.33. The molecule has 0 bridgehead atoms. The third-order valence-electron chi connectivity index (χ3n) is 3.33. The lowest BCUT2D eigenvalue weighted by Crippen LogP contribution is -2.34. The zero-order valence-corrected chi connectivity index (χ0v) is 6.91. The monoisotopic (exact) mass is 157 g/mol. The van der Waals surface area contributed by atoms with Gasteiger partial charge in [-0.3, -0.25) is 5.32 Å². The molecular formula is C9H16FN. The molecule has 1 N–H and O–H groups in total. The minimum atomic E-state index is -0.706. The van der Waals surface area contributed by atoms with Crippen molar-refractivity contribution in [2.75, 3.05) is 6.54 Å². The van der Waals surface area contributed by atoms with Crippen molar-refractivity contribution >= 4 is 0 Å².